The van der Waals surface area contributed by atoms with Gasteiger partial charge >= 0.3 is 0 Å². The molecule has 0 spiro atoms. The summed E-state index contributed by atoms with van der Waals surface area (Å²) in [7, 11) is 0. The van der Waals surface area contributed by atoms with Crippen molar-refractivity contribution in [1.82, 2.24) is 0 Å². The van der Waals surface area contributed by atoms with Gasteiger partial charge in [-0.25, -0.2) is 0 Å². The Balaban J connectivity index is 1.84. The summed E-state index contributed by atoms with van der Waals surface area (Å²) in [6.07, 6.45) is 26.4. The Hall–Kier alpha value is -0.0400. The maximum Gasteiger partial charge on any atom is 0.0866 e. The summed E-state index contributed by atoms with van der Waals surface area (Å²) in [5.41, 5.74) is 0. The molecule has 0 bridgehead atoms. The normalized spacial score (nSPS) is 25.3. The largest absolute Gasteiger partial charge is 0.319 e. The van der Waals surface area contributed by atoms with E-state index >= 15 is 0 Å². The molecule has 1 nitrogen and oxygen atoms in total. The predicted octanol–water partition coefficient (Wildman–Crippen LogP) is 8.66. The first-order valence-electron chi connectivity index (χ1n) is 13.0. The van der Waals surface area contributed by atoms with E-state index in [-0.39, 0.29) is 0 Å². The van der Waals surface area contributed by atoms with Crippen LogP contribution in [-0.2, 0) is 0 Å². The highest BCUT2D eigenvalue weighted by Crippen LogP contribution is 2.33. The van der Waals surface area contributed by atoms with Crippen molar-refractivity contribution in [2.24, 2.45) is 0 Å². The van der Waals surface area contributed by atoms with Crippen LogP contribution in [0.3, 0.4) is 0 Å². The topological polar surface area (TPSA) is 0 Å². The van der Waals surface area contributed by atoms with Crippen LogP contribution in [0.15, 0.2) is 0 Å². The molecule has 0 aromatic carbocycles. The maximum absolute atomic E-state index is 2.50. The molecule has 2 unspecified atom stereocenters. The lowest BCUT2D eigenvalue weighted by Crippen LogP contribution is -2.55. The average Bonchev–Trinajstić information content (AvgIpc) is 2.96. The number of hydrogen-bond acceptors (Lipinski definition) is 0. The molecule has 1 heteroatoms. The van der Waals surface area contributed by atoms with Gasteiger partial charge in [0.2, 0.25) is 0 Å². The predicted molar refractivity (Wildman–Crippen MR) is 123 cm³/mol. The molecule has 2 atom stereocenters. The summed E-state index contributed by atoms with van der Waals surface area (Å²) in [6.45, 7) is 12.5. The highest BCUT2D eigenvalue weighted by Gasteiger charge is 2.42. The summed E-state index contributed by atoms with van der Waals surface area (Å²) in [6, 6.07) is 1.81. The van der Waals surface area contributed by atoms with Crippen LogP contribution in [0.4, 0.5) is 0 Å². The van der Waals surface area contributed by atoms with Crippen LogP contribution in [0.5, 0.6) is 0 Å². The molecule has 0 saturated carbocycles. The number of likely N-dealkylation sites (tertiary alicyclic amines) is 1. The second kappa shape index (κ2) is 15.8. The molecule has 0 radical (unpaired) electrons. The average molecular weight is 381 g/mol. The van der Waals surface area contributed by atoms with E-state index in [1.807, 2.05) is 0 Å². The van der Waals surface area contributed by atoms with Crippen molar-refractivity contribution in [2.45, 2.75) is 155 Å². The molecule has 0 amide bonds. The quantitative estimate of drug-likeness (QED) is 0.165. The van der Waals surface area contributed by atoms with E-state index in [9.17, 15) is 0 Å². The Morgan fingerprint density at radius 3 is 1.19 bits per heavy atom. The first kappa shape index (κ1) is 25.0. The summed E-state index contributed by atoms with van der Waals surface area (Å²) in [5.74, 6) is 0. The molecule has 0 N–H and O–H groups in total. The van der Waals surface area contributed by atoms with Gasteiger partial charge in [0, 0.05) is 12.8 Å². The second-order valence-electron chi connectivity index (χ2n) is 9.72. The molecule has 1 fully saturated rings. The summed E-state index contributed by atoms with van der Waals surface area (Å²) in [5, 5.41) is 0. The van der Waals surface area contributed by atoms with Gasteiger partial charge in [0.05, 0.1) is 25.2 Å². The molecule has 0 aliphatic carbocycles. The minimum absolute atomic E-state index is 0.904. The van der Waals surface area contributed by atoms with Crippen molar-refractivity contribution in [3.63, 3.8) is 0 Å². The molecular weight excluding hydrogens is 326 g/mol. The fourth-order valence-corrected chi connectivity index (χ4v) is 5.61. The van der Waals surface area contributed by atoms with Crippen LogP contribution < -0.4 is 0 Å². The number of nitrogens with zero attached hydrogens (tertiary/aromatic N) is 1. The van der Waals surface area contributed by atoms with E-state index in [0.29, 0.717) is 0 Å². The molecule has 162 valence electrons. The Morgan fingerprint density at radius 1 is 0.519 bits per heavy atom. The molecule has 1 heterocycles. The fraction of sp³-hybridized carbons (Fsp3) is 1.00. The van der Waals surface area contributed by atoms with Crippen molar-refractivity contribution in [1.29, 1.82) is 0 Å². The number of hydrogen-bond donors (Lipinski definition) is 0. The van der Waals surface area contributed by atoms with E-state index in [2.05, 4.69) is 27.7 Å². The van der Waals surface area contributed by atoms with Gasteiger partial charge in [0.15, 0.2) is 0 Å². The van der Waals surface area contributed by atoms with Crippen molar-refractivity contribution in [3.8, 4) is 0 Å². The first-order chi connectivity index (χ1) is 13.2. The van der Waals surface area contributed by atoms with Gasteiger partial charge < -0.3 is 4.48 Å². The van der Waals surface area contributed by atoms with E-state index in [0.717, 1.165) is 12.1 Å². The molecule has 27 heavy (non-hydrogen) atoms. The molecule has 1 aliphatic heterocycles. The SMILES string of the molecule is CCCCCCCCCCCCCCCCCC[N+]1(CC)C(C)CCC1C. The molecule has 0 aromatic heterocycles. The molecule has 1 rings (SSSR count). The van der Waals surface area contributed by atoms with E-state index < -0.39 is 0 Å². The highest BCUT2D eigenvalue weighted by molar-refractivity contribution is 4.70. The van der Waals surface area contributed by atoms with Gasteiger partial charge in [0.1, 0.15) is 0 Å². The van der Waals surface area contributed by atoms with Crippen molar-refractivity contribution in [2.75, 3.05) is 13.1 Å². The third-order valence-corrected chi connectivity index (χ3v) is 7.77. The van der Waals surface area contributed by atoms with Crippen LogP contribution in [0.2, 0.25) is 0 Å². The monoisotopic (exact) mass is 380 g/mol. The zero-order valence-electron chi connectivity index (χ0n) is 19.7. The van der Waals surface area contributed by atoms with E-state index in [1.54, 1.807) is 0 Å². The van der Waals surface area contributed by atoms with Crippen LogP contribution in [0.25, 0.3) is 0 Å². The summed E-state index contributed by atoms with van der Waals surface area (Å²) < 4.78 is 1.42. The van der Waals surface area contributed by atoms with Gasteiger partial charge in [-0.2, -0.15) is 0 Å². The third kappa shape index (κ3) is 9.82. The first-order valence-corrected chi connectivity index (χ1v) is 13.0. The highest BCUT2D eigenvalue weighted by atomic mass is 15.4. The smallest absolute Gasteiger partial charge is 0.0866 e. The Labute approximate surface area is 173 Å². The number of unbranched alkanes of at least 4 members (excludes halogenated alkanes) is 15. The summed E-state index contributed by atoms with van der Waals surface area (Å²) in [4.78, 5) is 0. The number of rotatable bonds is 18. The van der Waals surface area contributed by atoms with Gasteiger partial charge in [0.25, 0.3) is 0 Å². The summed E-state index contributed by atoms with van der Waals surface area (Å²) >= 11 is 0. The lowest BCUT2D eigenvalue weighted by Gasteiger charge is -2.42. The Bertz CT molecular complexity index is 314. The molecule has 0 aromatic rings. The molecule has 1 saturated heterocycles. The maximum atomic E-state index is 2.50. The molecule has 1 aliphatic rings. The minimum atomic E-state index is 0.904. The fourth-order valence-electron chi connectivity index (χ4n) is 5.61. The van der Waals surface area contributed by atoms with Crippen LogP contribution >= 0.6 is 0 Å². The van der Waals surface area contributed by atoms with Crippen molar-refractivity contribution < 1.29 is 4.48 Å². The minimum Gasteiger partial charge on any atom is -0.319 e. The zero-order chi connectivity index (χ0) is 19.8. The molecular formula is C26H54N+. The second-order valence-corrected chi connectivity index (χ2v) is 9.72. The van der Waals surface area contributed by atoms with Gasteiger partial charge in [-0.1, -0.05) is 96.8 Å². The number of quaternary nitrogens is 1. The van der Waals surface area contributed by atoms with Gasteiger partial charge in [-0.15, -0.1) is 0 Å². The van der Waals surface area contributed by atoms with Gasteiger partial charge in [-0.05, 0) is 33.6 Å². The van der Waals surface area contributed by atoms with Crippen molar-refractivity contribution in [3.05, 3.63) is 0 Å². The lowest BCUT2D eigenvalue weighted by molar-refractivity contribution is -0.956. The third-order valence-electron chi connectivity index (χ3n) is 7.77. The lowest BCUT2D eigenvalue weighted by atomic mass is 10.0. The van der Waals surface area contributed by atoms with Crippen LogP contribution in [-0.4, -0.2) is 29.7 Å². The Kier molecular flexibility index (Phi) is 14.7. The van der Waals surface area contributed by atoms with Crippen LogP contribution in [0.1, 0.15) is 143 Å². The zero-order valence-corrected chi connectivity index (χ0v) is 19.7. The van der Waals surface area contributed by atoms with E-state index in [4.69, 9.17) is 0 Å². The van der Waals surface area contributed by atoms with Crippen LogP contribution in [0, 0.1) is 0 Å². The standard InChI is InChI=1S/C26H54N/c1-5-7-8-9-10-11-12-13-14-15-16-17-18-19-20-21-24-27(6-2)25(3)22-23-26(27)4/h25-26H,5-24H2,1-4H3/q+1. The van der Waals surface area contributed by atoms with Crippen molar-refractivity contribution >= 4 is 0 Å². The van der Waals surface area contributed by atoms with E-state index in [1.165, 1.54) is 133 Å². The Morgan fingerprint density at radius 2 is 0.852 bits per heavy atom. The van der Waals surface area contributed by atoms with Gasteiger partial charge in [-0.3, -0.25) is 0 Å².